The van der Waals surface area contributed by atoms with Crippen LogP contribution in [0.3, 0.4) is 0 Å². The molecule has 2 aromatic rings. The molecule has 6 heteroatoms. The number of halogens is 1. The van der Waals surface area contributed by atoms with Gasteiger partial charge in [-0.3, -0.25) is 9.59 Å². The van der Waals surface area contributed by atoms with E-state index in [1.54, 1.807) is 23.7 Å². The molecule has 0 saturated carbocycles. The topological polar surface area (TPSA) is 63.1 Å². The van der Waals surface area contributed by atoms with Gasteiger partial charge in [-0.1, -0.05) is 0 Å². The van der Waals surface area contributed by atoms with Gasteiger partial charge in [-0.15, -0.1) is 0 Å². The summed E-state index contributed by atoms with van der Waals surface area (Å²) in [7, 11) is 1.69. The van der Waals surface area contributed by atoms with Crippen LogP contribution in [-0.4, -0.2) is 29.0 Å². The van der Waals surface area contributed by atoms with E-state index in [1.807, 2.05) is 13.8 Å². The van der Waals surface area contributed by atoms with Gasteiger partial charge in [-0.05, 0) is 38.1 Å². The zero-order valence-corrected chi connectivity index (χ0v) is 12.2. The van der Waals surface area contributed by atoms with Crippen molar-refractivity contribution in [3.63, 3.8) is 0 Å². The van der Waals surface area contributed by atoms with Crippen LogP contribution >= 0.6 is 0 Å². The molecule has 2 N–H and O–H groups in total. The van der Waals surface area contributed by atoms with Crippen LogP contribution in [0.15, 0.2) is 24.3 Å². The molecule has 1 heterocycles. The van der Waals surface area contributed by atoms with Crippen LogP contribution < -0.4 is 10.6 Å². The lowest BCUT2D eigenvalue weighted by molar-refractivity contribution is -0.120. The molecule has 0 aliphatic heterocycles. The second kappa shape index (κ2) is 5.95. The number of rotatable bonds is 4. The Bertz CT molecular complexity index is 692. The van der Waals surface area contributed by atoms with Crippen molar-refractivity contribution >= 4 is 22.7 Å². The van der Waals surface area contributed by atoms with E-state index < -0.39 is 0 Å². The van der Waals surface area contributed by atoms with Crippen LogP contribution in [0.2, 0.25) is 0 Å². The molecule has 0 unspecified atom stereocenters. The Kier molecular flexibility index (Phi) is 4.26. The van der Waals surface area contributed by atoms with E-state index in [4.69, 9.17) is 0 Å². The lowest BCUT2D eigenvalue weighted by Crippen LogP contribution is -2.40. The Morgan fingerprint density at radius 3 is 2.67 bits per heavy atom. The van der Waals surface area contributed by atoms with Gasteiger partial charge >= 0.3 is 0 Å². The highest BCUT2D eigenvalue weighted by Gasteiger charge is 2.14. The minimum absolute atomic E-state index is 0.0231. The molecule has 0 bridgehead atoms. The molecule has 21 heavy (non-hydrogen) atoms. The summed E-state index contributed by atoms with van der Waals surface area (Å²) >= 11 is 0. The van der Waals surface area contributed by atoms with Gasteiger partial charge in [0.25, 0.3) is 5.91 Å². The number of nitrogens with zero attached hydrogens (tertiary/aromatic N) is 1. The molecular weight excluding hydrogens is 273 g/mol. The number of aromatic nitrogens is 1. The Morgan fingerprint density at radius 2 is 2.00 bits per heavy atom. The molecule has 0 spiro atoms. The van der Waals surface area contributed by atoms with Gasteiger partial charge < -0.3 is 15.2 Å². The van der Waals surface area contributed by atoms with E-state index in [1.165, 1.54) is 12.1 Å². The molecule has 0 radical (unpaired) electrons. The number of nitrogens with one attached hydrogen (secondary N) is 2. The average Bonchev–Trinajstić information content (AvgIpc) is 2.73. The Balaban J connectivity index is 2.13. The number of benzene rings is 1. The van der Waals surface area contributed by atoms with E-state index in [-0.39, 0.29) is 30.2 Å². The van der Waals surface area contributed by atoms with Crippen molar-refractivity contribution < 1.29 is 14.0 Å². The van der Waals surface area contributed by atoms with Gasteiger partial charge in [0.1, 0.15) is 11.5 Å². The van der Waals surface area contributed by atoms with Crippen LogP contribution in [-0.2, 0) is 11.8 Å². The predicted octanol–water partition coefficient (Wildman–Crippen LogP) is 1.57. The number of amides is 2. The van der Waals surface area contributed by atoms with E-state index >= 15 is 0 Å². The molecule has 2 rings (SSSR count). The van der Waals surface area contributed by atoms with Gasteiger partial charge in [0.2, 0.25) is 5.91 Å². The maximum atomic E-state index is 13.2. The second-order valence-electron chi connectivity index (χ2n) is 5.20. The molecule has 0 saturated heterocycles. The fourth-order valence-corrected chi connectivity index (χ4v) is 2.15. The van der Waals surface area contributed by atoms with Crippen molar-refractivity contribution in [1.29, 1.82) is 0 Å². The summed E-state index contributed by atoms with van der Waals surface area (Å²) in [5.41, 5.74) is 1.01. The average molecular weight is 291 g/mol. The third kappa shape index (κ3) is 3.39. The summed E-state index contributed by atoms with van der Waals surface area (Å²) in [5.74, 6) is -0.969. The van der Waals surface area contributed by atoms with Crippen molar-refractivity contribution in [2.45, 2.75) is 19.9 Å². The summed E-state index contributed by atoms with van der Waals surface area (Å²) in [4.78, 5) is 23.6. The van der Waals surface area contributed by atoms with Crippen molar-refractivity contribution in [2.75, 3.05) is 6.54 Å². The summed E-state index contributed by atoms with van der Waals surface area (Å²) in [6, 6.07) is 6.03. The lowest BCUT2D eigenvalue weighted by Gasteiger charge is -2.09. The van der Waals surface area contributed by atoms with E-state index in [2.05, 4.69) is 10.6 Å². The number of aryl methyl sites for hydroxylation is 1. The molecule has 1 aromatic heterocycles. The number of hydrogen-bond donors (Lipinski definition) is 2. The zero-order chi connectivity index (χ0) is 15.6. The number of carbonyl (C=O) groups excluding carboxylic acids is 2. The first-order chi connectivity index (χ1) is 9.88. The molecule has 0 aliphatic rings. The molecule has 2 amide bonds. The third-order valence-corrected chi connectivity index (χ3v) is 3.10. The summed E-state index contributed by atoms with van der Waals surface area (Å²) in [6.45, 7) is 3.60. The van der Waals surface area contributed by atoms with Crippen molar-refractivity contribution in [3.05, 3.63) is 35.8 Å². The molecule has 0 atom stereocenters. The Morgan fingerprint density at radius 1 is 1.29 bits per heavy atom. The predicted molar refractivity (Wildman–Crippen MR) is 78.5 cm³/mol. The largest absolute Gasteiger partial charge is 0.352 e. The van der Waals surface area contributed by atoms with Gasteiger partial charge in [0.05, 0.1) is 12.1 Å². The first-order valence-electron chi connectivity index (χ1n) is 6.71. The Hall–Kier alpha value is -2.37. The van der Waals surface area contributed by atoms with Crippen LogP contribution in [0.4, 0.5) is 4.39 Å². The highest BCUT2D eigenvalue weighted by atomic mass is 19.1. The van der Waals surface area contributed by atoms with Crippen LogP contribution in [0.1, 0.15) is 24.3 Å². The molecule has 0 aliphatic carbocycles. The van der Waals surface area contributed by atoms with E-state index in [0.717, 1.165) is 5.39 Å². The van der Waals surface area contributed by atoms with E-state index in [9.17, 15) is 14.0 Å². The van der Waals surface area contributed by atoms with E-state index in [0.29, 0.717) is 11.2 Å². The number of fused-ring (bicyclic) bond motifs is 1. The fraction of sp³-hybridized carbons (Fsp3) is 0.333. The minimum atomic E-state index is -0.368. The lowest BCUT2D eigenvalue weighted by atomic mass is 10.2. The normalized spacial score (nSPS) is 10.9. The highest BCUT2D eigenvalue weighted by Crippen LogP contribution is 2.19. The molecule has 1 aromatic carbocycles. The fourth-order valence-electron chi connectivity index (χ4n) is 2.15. The molecule has 5 nitrogen and oxygen atoms in total. The second-order valence-corrected chi connectivity index (χ2v) is 5.20. The van der Waals surface area contributed by atoms with Gasteiger partial charge in [-0.25, -0.2) is 4.39 Å². The van der Waals surface area contributed by atoms with Gasteiger partial charge in [-0.2, -0.15) is 0 Å². The first-order valence-corrected chi connectivity index (χ1v) is 6.71. The third-order valence-electron chi connectivity index (χ3n) is 3.10. The van der Waals surface area contributed by atoms with Crippen LogP contribution in [0.5, 0.6) is 0 Å². The smallest absolute Gasteiger partial charge is 0.268 e. The zero-order valence-electron chi connectivity index (χ0n) is 12.2. The van der Waals surface area contributed by atoms with Crippen LogP contribution in [0.25, 0.3) is 10.9 Å². The standard InChI is InChI=1S/C15H18FN3O2/c1-9(2)18-14(20)8-17-15(21)13-6-10-4-5-11(16)7-12(10)19(13)3/h4-7,9H,8H2,1-3H3,(H,17,21)(H,18,20). The summed E-state index contributed by atoms with van der Waals surface area (Å²) in [6.07, 6.45) is 0. The monoisotopic (exact) mass is 291 g/mol. The van der Waals surface area contributed by atoms with Gasteiger partial charge in [0, 0.05) is 18.5 Å². The highest BCUT2D eigenvalue weighted by molar-refractivity contribution is 6.00. The van der Waals surface area contributed by atoms with Crippen LogP contribution in [0, 0.1) is 5.82 Å². The minimum Gasteiger partial charge on any atom is -0.352 e. The quantitative estimate of drug-likeness (QED) is 0.898. The first kappa shape index (κ1) is 15.0. The van der Waals surface area contributed by atoms with Crippen molar-refractivity contribution in [3.8, 4) is 0 Å². The molecular formula is C15H18FN3O2. The number of hydrogen-bond acceptors (Lipinski definition) is 2. The van der Waals surface area contributed by atoms with Crippen molar-refractivity contribution in [2.24, 2.45) is 7.05 Å². The SMILES string of the molecule is CC(C)NC(=O)CNC(=O)c1cc2ccc(F)cc2n1C. The number of carbonyl (C=O) groups is 2. The maximum absolute atomic E-state index is 13.2. The maximum Gasteiger partial charge on any atom is 0.268 e. The van der Waals surface area contributed by atoms with Gasteiger partial charge in [0.15, 0.2) is 0 Å². The summed E-state index contributed by atoms with van der Waals surface area (Å²) in [5, 5.41) is 6.02. The molecule has 112 valence electrons. The Labute approximate surface area is 122 Å². The molecule has 0 fully saturated rings. The van der Waals surface area contributed by atoms with Crippen molar-refractivity contribution in [1.82, 2.24) is 15.2 Å². The summed E-state index contributed by atoms with van der Waals surface area (Å²) < 4.78 is 14.8.